The van der Waals surface area contributed by atoms with Crippen molar-refractivity contribution in [2.24, 2.45) is 0 Å². The lowest BCUT2D eigenvalue weighted by molar-refractivity contribution is 0.592. The summed E-state index contributed by atoms with van der Waals surface area (Å²) in [4.78, 5) is 4.25. The van der Waals surface area contributed by atoms with Crippen LogP contribution in [0.25, 0.3) is 21.3 Å². The summed E-state index contributed by atoms with van der Waals surface area (Å²) in [6, 6.07) is 11.6. The zero-order valence-electron chi connectivity index (χ0n) is 14.6. The van der Waals surface area contributed by atoms with Crippen molar-refractivity contribution in [3.63, 3.8) is 0 Å². The Labute approximate surface area is 168 Å². The van der Waals surface area contributed by atoms with Crippen molar-refractivity contribution < 1.29 is 17.2 Å². The van der Waals surface area contributed by atoms with Crippen molar-refractivity contribution in [1.29, 1.82) is 5.26 Å². The van der Waals surface area contributed by atoms with Crippen LogP contribution in [0.1, 0.15) is 5.56 Å². The number of nitrogens with two attached hydrogens (primary N) is 1. The predicted octanol–water partition coefficient (Wildman–Crippen LogP) is 4.53. The SMILES string of the molecule is N#Cc1cc(F)cc(S(=O)(=O)c2sc3ncc(N)cc3c2-c2ccc(F)cc2)c1. The quantitative estimate of drug-likeness (QED) is 0.518. The molecule has 0 spiro atoms. The number of nitrogen functional groups attached to an aromatic ring is 1. The Morgan fingerprint density at radius 3 is 2.45 bits per heavy atom. The van der Waals surface area contributed by atoms with Gasteiger partial charge in [0.25, 0.3) is 0 Å². The Morgan fingerprint density at radius 1 is 1.03 bits per heavy atom. The molecule has 2 heterocycles. The Hall–Kier alpha value is -3.35. The van der Waals surface area contributed by atoms with Crippen LogP contribution in [0.2, 0.25) is 0 Å². The van der Waals surface area contributed by atoms with E-state index in [9.17, 15) is 17.2 Å². The number of hydrogen-bond donors (Lipinski definition) is 1. The molecule has 0 radical (unpaired) electrons. The van der Waals surface area contributed by atoms with Crippen LogP contribution >= 0.6 is 11.3 Å². The molecular formula is C20H11F2N3O2S2. The number of hydrogen-bond acceptors (Lipinski definition) is 6. The Balaban J connectivity index is 2.06. The topological polar surface area (TPSA) is 96.8 Å². The smallest absolute Gasteiger partial charge is 0.216 e. The molecule has 0 amide bonds. The summed E-state index contributed by atoms with van der Waals surface area (Å²) in [5, 5.41) is 9.54. The van der Waals surface area contributed by atoms with E-state index in [1.807, 2.05) is 0 Å². The molecule has 5 nitrogen and oxygen atoms in total. The lowest BCUT2D eigenvalue weighted by Gasteiger charge is -2.08. The molecule has 0 atom stereocenters. The maximum absolute atomic E-state index is 13.9. The van der Waals surface area contributed by atoms with Gasteiger partial charge >= 0.3 is 0 Å². The average Bonchev–Trinajstić information content (AvgIpc) is 3.07. The summed E-state index contributed by atoms with van der Waals surface area (Å²) in [7, 11) is -4.20. The molecule has 0 fully saturated rings. The molecule has 0 saturated heterocycles. The van der Waals surface area contributed by atoms with E-state index in [2.05, 4.69) is 4.98 Å². The molecular weight excluding hydrogens is 416 g/mol. The number of nitriles is 1. The molecule has 0 aliphatic heterocycles. The largest absolute Gasteiger partial charge is 0.397 e. The predicted molar refractivity (Wildman–Crippen MR) is 106 cm³/mol. The minimum Gasteiger partial charge on any atom is -0.397 e. The van der Waals surface area contributed by atoms with E-state index in [4.69, 9.17) is 11.0 Å². The molecule has 4 aromatic rings. The van der Waals surface area contributed by atoms with Crippen LogP contribution < -0.4 is 5.73 Å². The second-order valence-electron chi connectivity index (χ2n) is 6.18. The monoisotopic (exact) mass is 427 g/mol. The zero-order chi connectivity index (χ0) is 20.8. The van der Waals surface area contributed by atoms with E-state index < -0.39 is 21.5 Å². The summed E-state index contributed by atoms with van der Waals surface area (Å²) >= 11 is 0.899. The Morgan fingerprint density at radius 2 is 1.76 bits per heavy atom. The van der Waals surface area contributed by atoms with Gasteiger partial charge in [0, 0.05) is 10.9 Å². The number of nitrogens with zero attached hydrogens (tertiary/aromatic N) is 2. The van der Waals surface area contributed by atoms with Crippen molar-refractivity contribution in [2.75, 3.05) is 5.73 Å². The van der Waals surface area contributed by atoms with Gasteiger partial charge in [0.1, 0.15) is 20.7 Å². The highest BCUT2D eigenvalue weighted by molar-refractivity contribution is 7.93. The number of benzene rings is 2. The molecule has 0 unspecified atom stereocenters. The zero-order valence-corrected chi connectivity index (χ0v) is 16.2. The van der Waals surface area contributed by atoms with Gasteiger partial charge in [0.15, 0.2) is 0 Å². The molecule has 0 aliphatic carbocycles. The molecule has 144 valence electrons. The van der Waals surface area contributed by atoms with Crippen LogP contribution in [0.4, 0.5) is 14.5 Å². The lowest BCUT2D eigenvalue weighted by Crippen LogP contribution is -2.03. The number of halogens is 2. The van der Waals surface area contributed by atoms with Crippen molar-refractivity contribution in [1.82, 2.24) is 4.98 Å². The van der Waals surface area contributed by atoms with Crippen molar-refractivity contribution in [3.8, 4) is 17.2 Å². The third-order valence-electron chi connectivity index (χ3n) is 4.22. The van der Waals surface area contributed by atoms with Gasteiger partial charge < -0.3 is 5.73 Å². The average molecular weight is 427 g/mol. The third-order valence-corrected chi connectivity index (χ3v) is 7.59. The van der Waals surface area contributed by atoms with Crippen LogP contribution in [0.15, 0.2) is 63.8 Å². The van der Waals surface area contributed by atoms with E-state index in [1.54, 1.807) is 12.1 Å². The van der Waals surface area contributed by atoms with Crippen LogP contribution in [-0.4, -0.2) is 13.4 Å². The molecule has 2 aromatic carbocycles. The second kappa shape index (κ2) is 6.92. The first-order valence-electron chi connectivity index (χ1n) is 8.19. The van der Waals surface area contributed by atoms with E-state index in [0.717, 1.165) is 29.5 Å². The minimum absolute atomic E-state index is 0.0910. The summed E-state index contributed by atoms with van der Waals surface area (Å²) in [6.07, 6.45) is 1.40. The van der Waals surface area contributed by atoms with Gasteiger partial charge in [-0.05, 0) is 42.0 Å². The molecule has 2 aromatic heterocycles. The molecule has 0 saturated carbocycles. The van der Waals surface area contributed by atoms with Crippen molar-refractivity contribution in [2.45, 2.75) is 9.10 Å². The fourth-order valence-electron chi connectivity index (χ4n) is 2.95. The molecule has 9 heteroatoms. The Kier molecular flexibility index (Phi) is 4.53. The highest BCUT2D eigenvalue weighted by Crippen LogP contribution is 2.43. The number of aromatic nitrogens is 1. The van der Waals surface area contributed by atoms with Crippen LogP contribution in [-0.2, 0) is 9.84 Å². The summed E-state index contributed by atoms with van der Waals surface area (Å²) in [5.74, 6) is -1.31. The molecule has 2 N–H and O–H groups in total. The lowest BCUT2D eigenvalue weighted by atomic mass is 10.1. The first-order chi connectivity index (χ1) is 13.8. The van der Waals surface area contributed by atoms with Crippen molar-refractivity contribution in [3.05, 3.63) is 71.9 Å². The fourth-order valence-corrected chi connectivity index (χ4v) is 6.05. The third kappa shape index (κ3) is 3.33. The first-order valence-corrected chi connectivity index (χ1v) is 10.5. The summed E-state index contributed by atoms with van der Waals surface area (Å²) in [6.45, 7) is 0. The van der Waals surface area contributed by atoms with Gasteiger partial charge in [-0.15, -0.1) is 11.3 Å². The molecule has 0 bridgehead atoms. The number of fused-ring (bicyclic) bond motifs is 1. The van der Waals surface area contributed by atoms with Gasteiger partial charge in [-0.3, -0.25) is 0 Å². The van der Waals surface area contributed by atoms with Gasteiger partial charge in [-0.25, -0.2) is 22.2 Å². The van der Waals surface area contributed by atoms with Gasteiger partial charge in [0.2, 0.25) is 9.84 Å². The number of thiophene rings is 1. The number of rotatable bonds is 3. The van der Waals surface area contributed by atoms with Crippen molar-refractivity contribution >= 4 is 37.1 Å². The van der Waals surface area contributed by atoms with E-state index in [-0.39, 0.29) is 14.7 Å². The van der Waals surface area contributed by atoms with Gasteiger partial charge in [-0.2, -0.15) is 5.26 Å². The second-order valence-corrected chi connectivity index (χ2v) is 9.33. The molecule has 29 heavy (non-hydrogen) atoms. The summed E-state index contributed by atoms with van der Waals surface area (Å²) in [5.41, 5.74) is 6.79. The van der Waals surface area contributed by atoms with Crippen LogP contribution in [0.3, 0.4) is 0 Å². The normalized spacial score (nSPS) is 11.5. The molecule has 4 rings (SSSR count). The highest BCUT2D eigenvalue weighted by Gasteiger charge is 2.28. The van der Waals surface area contributed by atoms with E-state index in [1.165, 1.54) is 30.5 Å². The Bertz CT molecular complexity index is 1410. The maximum Gasteiger partial charge on any atom is 0.216 e. The van der Waals surface area contributed by atoms with Crippen LogP contribution in [0, 0.1) is 23.0 Å². The highest BCUT2D eigenvalue weighted by atomic mass is 32.2. The van der Waals surface area contributed by atoms with Crippen LogP contribution in [0.5, 0.6) is 0 Å². The maximum atomic E-state index is 13.9. The fraction of sp³-hybridized carbons (Fsp3) is 0. The standard InChI is InChI=1S/C20H11F2N3O2S2/c21-13-3-1-12(2-4-13)18-17-8-15(24)10-25-19(17)28-20(18)29(26,27)16-6-11(9-23)5-14(22)7-16/h1-8,10H,24H2. The number of sulfone groups is 1. The number of pyridine rings is 1. The van der Waals surface area contributed by atoms with Gasteiger partial charge in [-0.1, -0.05) is 12.1 Å². The minimum atomic E-state index is -4.20. The summed E-state index contributed by atoms with van der Waals surface area (Å²) < 4.78 is 54.0. The molecule has 0 aliphatic rings. The van der Waals surface area contributed by atoms with E-state index in [0.29, 0.717) is 27.0 Å². The van der Waals surface area contributed by atoms with Gasteiger partial charge in [0.05, 0.1) is 28.4 Å². The number of anilines is 1. The first kappa shape index (κ1) is 19.0. The van der Waals surface area contributed by atoms with E-state index >= 15 is 0 Å².